The SMILES string of the molecule is Oc1ccc(C(O)CN2C[C@H]3CC(Oc4ccc(F)cc4)C[C@H]3C2)nc1F. The fourth-order valence-electron chi connectivity index (χ4n) is 4.26. The number of fused-ring (bicyclic) bond motifs is 1. The second kappa shape index (κ2) is 7.40. The lowest BCUT2D eigenvalue weighted by molar-refractivity contribution is 0.112. The van der Waals surface area contributed by atoms with Gasteiger partial charge >= 0.3 is 0 Å². The molecule has 0 amide bonds. The number of ether oxygens (including phenoxy) is 1. The molecule has 1 aliphatic heterocycles. The van der Waals surface area contributed by atoms with Crippen molar-refractivity contribution < 1.29 is 23.7 Å². The number of hydrogen-bond donors (Lipinski definition) is 2. The van der Waals surface area contributed by atoms with Gasteiger partial charge in [-0.25, -0.2) is 9.37 Å². The van der Waals surface area contributed by atoms with Crippen molar-refractivity contribution in [2.75, 3.05) is 19.6 Å². The van der Waals surface area contributed by atoms with Gasteiger partial charge in [0.05, 0.1) is 11.8 Å². The normalized spacial score (nSPS) is 26.1. The van der Waals surface area contributed by atoms with E-state index in [9.17, 15) is 19.0 Å². The maximum absolute atomic E-state index is 13.4. The van der Waals surface area contributed by atoms with Gasteiger partial charge in [0.1, 0.15) is 17.7 Å². The zero-order valence-electron chi connectivity index (χ0n) is 14.8. The van der Waals surface area contributed by atoms with Gasteiger partial charge in [-0.1, -0.05) is 0 Å². The van der Waals surface area contributed by atoms with Gasteiger partial charge in [0, 0.05) is 19.6 Å². The van der Waals surface area contributed by atoms with Crippen LogP contribution < -0.4 is 4.74 Å². The van der Waals surface area contributed by atoms with Crippen molar-refractivity contribution in [3.8, 4) is 11.5 Å². The molecule has 27 heavy (non-hydrogen) atoms. The molecule has 144 valence electrons. The summed E-state index contributed by atoms with van der Waals surface area (Å²) in [6.45, 7) is 2.09. The molecular formula is C20H22F2N2O3. The van der Waals surface area contributed by atoms with Gasteiger partial charge in [-0.2, -0.15) is 4.39 Å². The minimum atomic E-state index is -0.967. The number of pyridine rings is 1. The van der Waals surface area contributed by atoms with Crippen LogP contribution >= 0.6 is 0 Å². The summed E-state index contributed by atoms with van der Waals surface area (Å²) in [5.74, 6) is -0.0873. The quantitative estimate of drug-likeness (QED) is 0.786. The summed E-state index contributed by atoms with van der Waals surface area (Å²) < 4.78 is 32.3. The van der Waals surface area contributed by atoms with Crippen molar-refractivity contribution in [2.24, 2.45) is 11.8 Å². The fraction of sp³-hybridized carbons (Fsp3) is 0.450. The van der Waals surface area contributed by atoms with Crippen LogP contribution in [0.1, 0.15) is 24.6 Å². The van der Waals surface area contributed by atoms with Gasteiger partial charge in [0.15, 0.2) is 5.75 Å². The molecule has 2 heterocycles. The number of halogens is 2. The van der Waals surface area contributed by atoms with Crippen molar-refractivity contribution in [3.63, 3.8) is 0 Å². The lowest BCUT2D eigenvalue weighted by atomic mass is 10.0. The summed E-state index contributed by atoms with van der Waals surface area (Å²) in [7, 11) is 0. The number of aromatic hydroxyl groups is 1. The van der Waals surface area contributed by atoms with E-state index in [4.69, 9.17) is 4.74 Å². The van der Waals surface area contributed by atoms with E-state index >= 15 is 0 Å². The molecule has 1 saturated carbocycles. The van der Waals surface area contributed by atoms with Crippen molar-refractivity contribution in [3.05, 3.63) is 53.9 Å². The summed E-state index contributed by atoms with van der Waals surface area (Å²) in [5.41, 5.74) is 0.222. The first kappa shape index (κ1) is 18.1. The Morgan fingerprint density at radius 2 is 1.74 bits per heavy atom. The first-order valence-electron chi connectivity index (χ1n) is 9.16. The van der Waals surface area contributed by atoms with Crippen LogP contribution in [-0.4, -0.2) is 45.8 Å². The topological polar surface area (TPSA) is 65.8 Å². The summed E-state index contributed by atoms with van der Waals surface area (Å²) >= 11 is 0. The Morgan fingerprint density at radius 1 is 1.07 bits per heavy atom. The van der Waals surface area contributed by atoms with E-state index in [1.165, 1.54) is 24.3 Å². The molecule has 1 aromatic heterocycles. The zero-order chi connectivity index (χ0) is 19.0. The monoisotopic (exact) mass is 376 g/mol. The molecular weight excluding hydrogens is 354 g/mol. The molecule has 0 bridgehead atoms. The third kappa shape index (κ3) is 4.04. The van der Waals surface area contributed by atoms with E-state index in [0.717, 1.165) is 25.9 Å². The molecule has 4 atom stereocenters. The number of aliphatic hydroxyl groups excluding tert-OH is 1. The highest BCUT2D eigenvalue weighted by Crippen LogP contribution is 2.40. The van der Waals surface area contributed by atoms with Gasteiger partial charge < -0.3 is 14.9 Å². The average molecular weight is 376 g/mol. The van der Waals surface area contributed by atoms with Crippen LogP contribution in [0.25, 0.3) is 0 Å². The Labute approximate surface area is 156 Å². The van der Waals surface area contributed by atoms with Crippen molar-refractivity contribution in [1.82, 2.24) is 9.88 Å². The summed E-state index contributed by atoms with van der Waals surface area (Å²) in [4.78, 5) is 5.78. The maximum Gasteiger partial charge on any atom is 0.255 e. The Balaban J connectivity index is 1.29. The largest absolute Gasteiger partial charge is 0.504 e. The van der Waals surface area contributed by atoms with Gasteiger partial charge in [0.25, 0.3) is 5.95 Å². The Bertz CT molecular complexity index is 788. The number of rotatable bonds is 5. The predicted octanol–water partition coefficient (Wildman–Crippen LogP) is 2.89. The third-order valence-corrected chi connectivity index (χ3v) is 5.52. The molecule has 4 rings (SSSR count). The van der Waals surface area contributed by atoms with Crippen molar-refractivity contribution >= 4 is 0 Å². The molecule has 1 saturated heterocycles. The lowest BCUT2D eigenvalue weighted by Gasteiger charge is -2.22. The number of aromatic nitrogens is 1. The molecule has 2 N–H and O–H groups in total. The first-order chi connectivity index (χ1) is 13.0. The van der Waals surface area contributed by atoms with Crippen LogP contribution in [-0.2, 0) is 0 Å². The molecule has 1 aromatic carbocycles. The van der Waals surface area contributed by atoms with Gasteiger partial charge in [-0.15, -0.1) is 0 Å². The molecule has 2 fully saturated rings. The molecule has 2 unspecified atom stereocenters. The van der Waals surface area contributed by atoms with E-state index in [1.54, 1.807) is 12.1 Å². The molecule has 0 radical (unpaired) electrons. The third-order valence-electron chi connectivity index (χ3n) is 5.52. The van der Waals surface area contributed by atoms with Crippen LogP contribution in [0.15, 0.2) is 36.4 Å². The van der Waals surface area contributed by atoms with Crippen LogP contribution in [0.3, 0.4) is 0 Å². The lowest BCUT2D eigenvalue weighted by Crippen LogP contribution is -2.29. The van der Waals surface area contributed by atoms with E-state index < -0.39 is 17.8 Å². The second-order valence-electron chi connectivity index (χ2n) is 7.47. The van der Waals surface area contributed by atoms with Crippen molar-refractivity contribution in [2.45, 2.75) is 25.0 Å². The predicted molar refractivity (Wildman–Crippen MR) is 94.3 cm³/mol. The molecule has 7 heteroatoms. The molecule has 1 aliphatic carbocycles. The molecule has 5 nitrogen and oxygen atoms in total. The summed E-state index contributed by atoms with van der Waals surface area (Å²) in [5, 5.41) is 19.5. The Hall–Kier alpha value is -2.25. The zero-order valence-corrected chi connectivity index (χ0v) is 14.8. The Kier molecular flexibility index (Phi) is 4.97. The minimum absolute atomic E-state index is 0.130. The Morgan fingerprint density at radius 3 is 2.37 bits per heavy atom. The summed E-state index contributed by atoms with van der Waals surface area (Å²) in [6.07, 6.45) is 1.09. The highest BCUT2D eigenvalue weighted by molar-refractivity contribution is 5.23. The number of nitrogens with zero attached hydrogens (tertiary/aromatic N) is 2. The van der Waals surface area contributed by atoms with Gasteiger partial charge in [0.2, 0.25) is 0 Å². The van der Waals surface area contributed by atoms with E-state index in [-0.39, 0.29) is 17.6 Å². The van der Waals surface area contributed by atoms with E-state index in [0.29, 0.717) is 24.1 Å². The van der Waals surface area contributed by atoms with Gasteiger partial charge in [-0.3, -0.25) is 4.90 Å². The maximum atomic E-state index is 13.4. The molecule has 2 aliphatic rings. The fourth-order valence-corrected chi connectivity index (χ4v) is 4.26. The number of hydrogen-bond acceptors (Lipinski definition) is 5. The van der Waals surface area contributed by atoms with E-state index in [2.05, 4.69) is 9.88 Å². The van der Waals surface area contributed by atoms with Crippen LogP contribution in [0, 0.1) is 23.6 Å². The number of likely N-dealkylation sites (tertiary alicyclic amines) is 1. The first-order valence-corrected chi connectivity index (χ1v) is 9.16. The standard InChI is InChI=1S/C20H22F2N2O3/c21-14-1-3-15(4-2-14)27-16-7-12-9-24(10-13(12)8-16)11-19(26)17-5-6-18(25)20(22)23-17/h1-6,12-13,16,19,25-26H,7-11H2/t12-,13+,16?,19?. The summed E-state index contributed by atoms with van der Waals surface area (Å²) in [6, 6.07) is 8.73. The van der Waals surface area contributed by atoms with Crippen LogP contribution in [0.5, 0.6) is 11.5 Å². The van der Waals surface area contributed by atoms with E-state index in [1.807, 2.05) is 0 Å². The number of β-amino-alcohol motifs (C(OH)–C–C–N with tert-alkyl or cyclic N) is 1. The van der Waals surface area contributed by atoms with Crippen molar-refractivity contribution in [1.29, 1.82) is 0 Å². The second-order valence-corrected chi connectivity index (χ2v) is 7.47. The highest BCUT2D eigenvalue weighted by Gasteiger charge is 2.42. The number of benzene rings is 1. The minimum Gasteiger partial charge on any atom is -0.504 e. The number of aliphatic hydroxyl groups is 1. The smallest absolute Gasteiger partial charge is 0.255 e. The molecule has 0 spiro atoms. The highest BCUT2D eigenvalue weighted by atomic mass is 19.1. The average Bonchev–Trinajstić information content (AvgIpc) is 3.17. The molecule has 2 aromatic rings. The van der Waals surface area contributed by atoms with Crippen LogP contribution in [0.4, 0.5) is 8.78 Å². The van der Waals surface area contributed by atoms with Crippen LogP contribution in [0.2, 0.25) is 0 Å². The van der Waals surface area contributed by atoms with Gasteiger partial charge in [-0.05, 0) is 61.1 Å².